The molecule has 1 N–H and O–H groups in total. The van der Waals surface area contributed by atoms with Crippen LogP contribution in [0.3, 0.4) is 0 Å². The number of benzene rings is 1. The highest BCUT2D eigenvalue weighted by atomic mass is 16.6. The number of hydrogen-bond donors (Lipinski definition) is 1. The third kappa shape index (κ3) is 2.35. The average molecular weight is 217 g/mol. The van der Waals surface area contributed by atoms with Gasteiger partial charge in [0.25, 0.3) is 5.69 Å². The molecule has 0 aliphatic heterocycles. The van der Waals surface area contributed by atoms with E-state index < -0.39 is 4.92 Å². The number of nitrogens with one attached hydrogen (secondary N) is 1. The molecule has 2 rings (SSSR count). The Hall–Kier alpha value is -1.93. The smallest absolute Gasteiger partial charge is 0.269 e. The summed E-state index contributed by atoms with van der Waals surface area (Å²) in [6.07, 6.45) is 2.20. The van der Waals surface area contributed by atoms with Crippen molar-refractivity contribution < 1.29 is 4.92 Å². The lowest BCUT2D eigenvalue weighted by molar-refractivity contribution is -0.384. The first-order valence-corrected chi connectivity index (χ1v) is 5.10. The Kier molecular flexibility index (Phi) is 2.84. The molecule has 82 valence electrons. The first kappa shape index (κ1) is 10.6. The Morgan fingerprint density at radius 2 is 2.06 bits per heavy atom. The van der Waals surface area contributed by atoms with E-state index in [2.05, 4.69) is 11.4 Å². The largest absolute Gasteiger partial charge is 0.295 e. The molecule has 1 saturated carbocycles. The summed E-state index contributed by atoms with van der Waals surface area (Å²) in [5.41, 5.74) is 0.826. The van der Waals surface area contributed by atoms with Crippen LogP contribution in [0.2, 0.25) is 0 Å². The number of nitro benzene ring substituents is 1. The number of nitrogens with zero attached hydrogens (tertiary/aromatic N) is 2. The molecule has 1 aromatic carbocycles. The van der Waals surface area contributed by atoms with Crippen LogP contribution in [0.5, 0.6) is 0 Å². The topological polar surface area (TPSA) is 79.0 Å². The van der Waals surface area contributed by atoms with E-state index in [0.29, 0.717) is 6.04 Å². The molecule has 5 heteroatoms. The molecule has 0 aromatic heterocycles. The van der Waals surface area contributed by atoms with Gasteiger partial charge in [-0.1, -0.05) is 0 Å². The first-order chi connectivity index (χ1) is 7.70. The Morgan fingerprint density at radius 3 is 2.50 bits per heavy atom. The van der Waals surface area contributed by atoms with Crippen molar-refractivity contribution in [2.75, 3.05) is 0 Å². The lowest BCUT2D eigenvalue weighted by Gasteiger charge is -2.10. The molecule has 16 heavy (non-hydrogen) atoms. The lowest BCUT2D eigenvalue weighted by atomic mass is 10.1. The maximum absolute atomic E-state index is 10.5. The Bertz CT molecular complexity index is 432. The molecule has 1 unspecified atom stereocenters. The summed E-state index contributed by atoms with van der Waals surface area (Å²) < 4.78 is 0. The number of nitriles is 1. The highest BCUT2D eigenvalue weighted by molar-refractivity contribution is 5.36. The zero-order valence-electron chi connectivity index (χ0n) is 8.59. The molecule has 0 spiro atoms. The van der Waals surface area contributed by atoms with E-state index in [1.165, 1.54) is 12.1 Å². The van der Waals surface area contributed by atoms with E-state index in [1.807, 2.05) is 0 Å². The number of rotatable bonds is 4. The van der Waals surface area contributed by atoms with Crippen LogP contribution < -0.4 is 5.32 Å². The Morgan fingerprint density at radius 1 is 1.44 bits per heavy atom. The fourth-order valence-electron chi connectivity index (χ4n) is 1.48. The monoisotopic (exact) mass is 217 g/mol. The second-order valence-electron chi connectivity index (χ2n) is 3.85. The molecule has 5 nitrogen and oxygen atoms in total. The van der Waals surface area contributed by atoms with Gasteiger partial charge in [0, 0.05) is 18.2 Å². The van der Waals surface area contributed by atoms with Gasteiger partial charge in [-0.15, -0.1) is 0 Å². The van der Waals surface area contributed by atoms with Crippen molar-refractivity contribution in [3.8, 4) is 6.07 Å². The van der Waals surface area contributed by atoms with E-state index >= 15 is 0 Å². The van der Waals surface area contributed by atoms with Crippen LogP contribution >= 0.6 is 0 Å². The Labute approximate surface area is 92.8 Å². The van der Waals surface area contributed by atoms with Gasteiger partial charge < -0.3 is 0 Å². The van der Waals surface area contributed by atoms with Gasteiger partial charge in [-0.3, -0.25) is 15.4 Å². The van der Waals surface area contributed by atoms with Gasteiger partial charge in [-0.05, 0) is 30.5 Å². The molecule has 1 aliphatic rings. The predicted octanol–water partition coefficient (Wildman–Crippen LogP) is 1.91. The number of hydrogen-bond acceptors (Lipinski definition) is 4. The van der Waals surface area contributed by atoms with Crippen LogP contribution in [0.15, 0.2) is 24.3 Å². The summed E-state index contributed by atoms with van der Waals surface area (Å²) in [7, 11) is 0. The minimum Gasteiger partial charge on any atom is -0.295 e. The highest BCUT2D eigenvalue weighted by Crippen LogP contribution is 2.24. The molecule has 1 aliphatic carbocycles. The fourth-order valence-corrected chi connectivity index (χ4v) is 1.48. The molecule has 0 radical (unpaired) electrons. The maximum atomic E-state index is 10.5. The molecular weight excluding hydrogens is 206 g/mol. The molecular formula is C11H11N3O2. The minimum atomic E-state index is -0.445. The molecule has 1 fully saturated rings. The highest BCUT2D eigenvalue weighted by Gasteiger charge is 2.25. The maximum Gasteiger partial charge on any atom is 0.269 e. The van der Waals surface area contributed by atoms with Crippen molar-refractivity contribution in [3.63, 3.8) is 0 Å². The Balaban J connectivity index is 2.12. The van der Waals surface area contributed by atoms with Gasteiger partial charge in [-0.25, -0.2) is 0 Å². The summed E-state index contributed by atoms with van der Waals surface area (Å²) in [5, 5.41) is 22.6. The summed E-state index contributed by atoms with van der Waals surface area (Å²) in [5.74, 6) is 0. The van der Waals surface area contributed by atoms with E-state index in [-0.39, 0.29) is 11.7 Å². The van der Waals surface area contributed by atoms with Crippen LogP contribution in [0.4, 0.5) is 5.69 Å². The molecule has 0 heterocycles. The van der Waals surface area contributed by atoms with Crippen molar-refractivity contribution in [1.82, 2.24) is 5.32 Å². The average Bonchev–Trinajstić information content (AvgIpc) is 3.10. The second kappa shape index (κ2) is 4.29. The van der Waals surface area contributed by atoms with Gasteiger partial charge in [0.05, 0.1) is 11.0 Å². The molecule has 1 aromatic rings. The standard InChI is InChI=1S/C11H11N3O2/c12-7-11(13-9-3-4-9)8-1-5-10(6-2-8)14(15)16/h1-2,5-6,9,11,13H,3-4H2. The zero-order valence-corrected chi connectivity index (χ0v) is 8.59. The third-order valence-corrected chi connectivity index (χ3v) is 2.55. The van der Waals surface area contributed by atoms with Crippen molar-refractivity contribution in [1.29, 1.82) is 5.26 Å². The summed E-state index contributed by atoms with van der Waals surface area (Å²) in [6, 6.07) is 8.32. The number of nitro groups is 1. The van der Waals surface area contributed by atoms with Gasteiger partial charge in [0.2, 0.25) is 0 Å². The van der Waals surface area contributed by atoms with E-state index in [1.54, 1.807) is 12.1 Å². The fraction of sp³-hybridized carbons (Fsp3) is 0.364. The van der Waals surface area contributed by atoms with E-state index in [9.17, 15) is 10.1 Å². The molecule has 1 atom stereocenters. The van der Waals surface area contributed by atoms with Gasteiger partial charge >= 0.3 is 0 Å². The van der Waals surface area contributed by atoms with Crippen molar-refractivity contribution in [2.45, 2.75) is 24.9 Å². The first-order valence-electron chi connectivity index (χ1n) is 5.10. The van der Waals surface area contributed by atoms with Gasteiger partial charge in [0.15, 0.2) is 0 Å². The summed E-state index contributed by atoms with van der Waals surface area (Å²) in [4.78, 5) is 10.0. The lowest BCUT2D eigenvalue weighted by Crippen LogP contribution is -2.21. The van der Waals surface area contributed by atoms with Crippen molar-refractivity contribution >= 4 is 5.69 Å². The van der Waals surface area contributed by atoms with Gasteiger partial charge in [-0.2, -0.15) is 5.26 Å². The number of non-ortho nitro benzene ring substituents is 1. The minimum absolute atomic E-state index is 0.0480. The summed E-state index contributed by atoms with van der Waals surface area (Å²) >= 11 is 0. The van der Waals surface area contributed by atoms with Gasteiger partial charge in [0.1, 0.15) is 6.04 Å². The van der Waals surface area contributed by atoms with Crippen LogP contribution in [0.1, 0.15) is 24.4 Å². The normalized spacial score (nSPS) is 16.4. The van der Waals surface area contributed by atoms with Crippen LogP contribution in [0.25, 0.3) is 0 Å². The van der Waals surface area contributed by atoms with Crippen LogP contribution in [-0.4, -0.2) is 11.0 Å². The van der Waals surface area contributed by atoms with Crippen LogP contribution in [0, 0.1) is 21.4 Å². The van der Waals surface area contributed by atoms with E-state index in [0.717, 1.165) is 18.4 Å². The molecule has 0 amide bonds. The zero-order chi connectivity index (χ0) is 11.5. The molecule has 0 bridgehead atoms. The predicted molar refractivity (Wildman–Crippen MR) is 57.6 cm³/mol. The SMILES string of the molecule is N#CC(NC1CC1)c1ccc([N+](=O)[O-])cc1. The van der Waals surface area contributed by atoms with Crippen LogP contribution in [-0.2, 0) is 0 Å². The third-order valence-electron chi connectivity index (χ3n) is 2.55. The van der Waals surface area contributed by atoms with E-state index in [4.69, 9.17) is 5.26 Å². The van der Waals surface area contributed by atoms with Crippen molar-refractivity contribution in [2.24, 2.45) is 0 Å². The van der Waals surface area contributed by atoms with Crippen molar-refractivity contribution in [3.05, 3.63) is 39.9 Å². The second-order valence-corrected chi connectivity index (χ2v) is 3.85. The molecule has 0 saturated heterocycles. The quantitative estimate of drug-likeness (QED) is 0.617. The summed E-state index contributed by atoms with van der Waals surface area (Å²) in [6.45, 7) is 0.